The molecular formula is C16H27N3O. The molecule has 3 N–H and O–H groups in total. The highest BCUT2D eigenvalue weighted by atomic mass is 16.1. The molecule has 1 amide bonds. The Morgan fingerprint density at radius 1 is 1.30 bits per heavy atom. The van der Waals surface area contributed by atoms with E-state index in [9.17, 15) is 4.79 Å². The molecule has 0 atom stereocenters. The molecule has 0 radical (unpaired) electrons. The Morgan fingerprint density at radius 3 is 2.45 bits per heavy atom. The summed E-state index contributed by atoms with van der Waals surface area (Å²) in [5.74, 6) is 0.427. The van der Waals surface area contributed by atoms with Gasteiger partial charge in [0.2, 0.25) is 5.91 Å². The van der Waals surface area contributed by atoms with Crippen molar-refractivity contribution in [2.45, 2.75) is 40.0 Å². The lowest BCUT2D eigenvalue weighted by atomic mass is 10.0. The van der Waals surface area contributed by atoms with Crippen LogP contribution in [0.15, 0.2) is 18.2 Å². The molecule has 0 aromatic heterocycles. The van der Waals surface area contributed by atoms with Gasteiger partial charge in [-0.25, -0.2) is 0 Å². The Bertz CT molecular complexity index is 439. The fourth-order valence-corrected chi connectivity index (χ4v) is 2.20. The molecule has 0 aliphatic heterocycles. The maximum atomic E-state index is 11.9. The highest BCUT2D eigenvalue weighted by Gasteiger charge is 2.08. The number of hydrogen-bond donors (Lipinski definition) is 2. The molecule has 0 heterocycles. The van der Waals surface area contributed by atoms with Crippen LogP contribution in [0.4, 0.5) is 11.4 Å². The van der Waals surface area contributed by atoms with Gasteiger partial charge in [-0.05, 0) is 36.7 Å². The van der Waals surface area contributed by atoms with Gasteiger partial charge in [-0.2, -0.15) is 0 Å². The summed E-state index contributed by atoms with van der Waals surface area (Å²) in [6.07, 6.45) is 0.507. The molecule has 4 heteroatoms. The first-order valence-electron chi connectivity index (χ1n) is 7.39. The molecule has 1 rings (SSSR count). The first-order valence-corrected chi connectivity index (χ1v) is 7.39. The van der Waals surface area contributed by atoms with Crippen molar-refractivity contribution in [2.75, 3.05) is 30.7 Å². The minimum absolute atomic E-state index is 0.0357. The molecule has 0 aliphatic carbocycles. The van der Waals surface area contributed by atoms with Crippen LogP contribution in [0.3, 0.4) is 0 Å². The Balaban J connectivity index is 2.56. The van der Waals surface area contributed by atoms with Crippen LogP contribution in [-0.2, 0) is 4.79 Å². The molecule has 0 saturated heterocycles. The fraction of sp³-hybridized carbons (Fsp3) is 0.562. The summed E-state index contributed by atoms with van der Waals surface area (Å²) in [6.45, 7) is 11.2. The van der Waals surface area contributed by atoms with Gasteiger partial charge in [-0.1, -0.05) is 33.8 Å². The van der Waals surface area contributed by atoms with Gasteiger partial charge in [-0.15, -0.1) is 0 Å². The lowest BCUT2D eigenvalue weighted by Crippen LogP contribution is -2.27. The van der Waals surface area contributed by atoms with Crippen LogP contribution < -0.4 is 11.1 Å². The lowest BCUT2D eigenvalue weighted by Gasteiger charge is -2.17. The zero-order chi connectivity index (χ0) is 15.1. The highest BCUT2D eigenvalue weighted by Crippen LogP contribution is 2.24. The average Bonchev–Trinajstić information content (AvgIpc) is 2.39. The molecule has 0 spiro atoms. The summed E-state index contributed by atoms with van der Waals surface area (Å²) in [6, 6.07) is 5.74. The number of amides is 1. The van der Waals surface area contributed by atoms with Gasteiger partial charge in [0, 0.05) is 24.3 Å². The van der Waals surface area contributed by atoms with Crippen LogP contribution in [0.2, 0.25) is 0 Å². The van der Waals surface area contributed by atoms with Crippen molar-refractivity contribution in [3.05, 3.63) is 23.8 Å². The number of carbonyl (C=O) groups is 1. The van der Waals surface area contributed by atoms with E-state index in [1.807, 2.05) is 18.2 Å². The summed E-state index contributed by atoms with van der Waals surface area (Å²) < 4.78 is 0. The first-order chi connectivity index (χ1) is 9.47. The third-order valence-corrected chi connectivity index (χ3v) is 3.54. The van der Waals surface area contributed by atoms with Crippen molar-refractivity contribution in [1.29, 1.82) is 0 Å². The van der Waals surface area contributed by atoms with Crippen LogP contribution in [0, 0.1) is 0 Å². The largest absolute Gasteiger partial charge is 0.398 e. The monoisotopic (exact) mass is 277 g/mol. The van der Waals surface area contributed by atoms with E-state index in [-0.39, 0.29) is 5.91 Å². The molecule has 0 bridgehead atoms. The van der Waals surface area contributed by atoms with Crippen molar-refractivity contribution >= 4 is 17.3 Å². The number of nitrogens with zero attached hydrogens (tertiary/aromatic N) is 1. The summed E-state index contributed by atoms with van der Waals surface area (Å²) >= 11 is 0. The SMILES string of the molecule is CCN(CC)CCC(=O)Nc1ccc(C(C)C)c(N)c1. The van der Waals surface area contributed by atoms with Gasteiger partial charge in [-0.3, -0.25) is 4.79 Å². The zero-order valence-corrected chi connectivity index (χ0v) is 13.1. The summed E-state index contributed by atoms with van der Waals surface area (Å²) in [5.41, 5.74) is 8.63. The maximum absolute atomic E-state index is 11.9. The van der Waals surface area contributed by atoms with Gasteiger partial charge in [0.05, 0.1) is 0 Å². The van der Waals surface area contributed by atoms with Crippen LogP contribution in [-0.4, -0.2) is 30.4 Å². The van der Waals surface area contributed by atoms with Crippen molar-refractivity contribution in [1.82, 2.24) is 4.90 Å². The predicted octanol–water partition coefficient (Wildman–Crippen LogP) is 3.06. The number of nitrogen functional groups attached to an aromatic ring is 1. The van der Waals surface area contributed by atoms with E-state index in [4.69, 9.17) is 5.73 Å². The lowest BCUT2D eigenvalue weighted by molar-refractivity contribution is -0.116. The second kappa shape index (κ2) is 7.90. The standard InChI is InChI=1S/C16H27N3O/c1-5-19(6-2)10-9-16(20)18-13-7-8-14(12(3)4)15(17)11-13/h7-8,11-12H,5-6,9-10,17H2,1-4H3,(H,18,20). The molecule has 0 aliphatic rings. The highest BCUT2D eigenvalue weighted by molar-refractivity contribution is 5.91. The second-order valence-electron chi connectivity index (χ2n) is 5.32. The molecule has 20 heavy (non-hydrogen) atoms. The Labute approximate surface area is 122 Å². The molecule has 0 saturated carbocycles. The maximum Gasteiger partial charge on any atom is 0.225 e. The number of hydrogen-bond acceptors (Lipinski definition) is 3. The minimum Gasteiger partial charge on any atom is -0.398 e. The number of nitrogens with two attached hydrogens (primary N) is 1. The summed E-state index contributed by atoms with van der Waals surface area (Å²) in [7, 11) is 0. The van der Waals surface area contributed by atoms with E-state index < -0.39 is 0 Å². The van der Waals surface area contributed by atoms with Crippen molar-refractivity contribution < 1.29 is 4.79 Å². The van der Waals surface area contributed by atoms with Gasteiger partial charge in [0.1, 0.15) is 0 Å². The number of nitrogens with one attached hydrogen (secondary N) is 1. The Kier molecular flexibility index (Phi) is 6.52. The first kappa shape index (κ1) is 16.5. The number of benzene rings is 1. The molecule has 1 aromatic rings. The average molecular weight is 277 g/mol. The van der Waals surface area contributed by atoms with Crippen molar-refractivity contribution in [3.8, 4) is 0 Å². The van der Waals surface area contributed by atoms with E-state index >= 15 is 0 Å². The van der Waals surface area contributed by atoms with Crippen LogP contribution in [0.5, 0.6) is 0 Å². The second-order valence-corrected chi connectivity index (χ2v) is 5.32. The van der Waals surface area contributed by atoms with Crippen LogP contribution in [0.25, 0.3) is 0 Å². The van der Waals surface area contributed by atoms with E-state index in [0.717, 1.165) is 36.6 Å². The van der Waals surface area contributed by atoms with Gasteiger partial charge >= 0.3 is 0 Å². The molecule has 4 nitrogen and oxygen atoms in total. The van der Waals surface area contributed by atoms with E-state index in [2.05, 4.69) is 37.9 Å². The summed E-state index contributed by atoms with van der Waals surface area (Å²) in [4.78, 5) is 14.1. The third-order valence-electron chi connectivity index (χ3n) is 3.54. The van der Waals surface area contributed by atoms with E-state index in [0.29, 0.717) is 12.3 Å². The topological polar surface area (TPSA) is 58.4 Å². The third kappa shape index (κ3) is 4.85. The zero-order valence-electron chi connectivity index (χ0n) is 13.1. The van der Waals surface area contributed by atoms with Crippen molar-refractivity contribution in [3.63, 3.8) is 0 Å². The number of anilines is 2. The van der Waals surface area contributed by atoms with Crippen LogP contribution >= 0.6 is 0 Å². The van der Waals surface area contributed by atoms with Crippen LogP contribution in [0.1, 0.15) is 45.6 Å². The number of carbonyl (C=O) groups excluding carboxylic acids is 1. The molecular weight excluding hydrogens is 250 g/mol. The minimum atomic E-state index is 0.0357. The Morgan fingerprint density at radius 2 is 1.95 bits per heavy atom. The van der Waals surface area contributed by atoms with Gasteiger partial charge in [0.25, 0.3) is 0 Å². The predicted molar refractivity (Wildman–Crippen MR) is 86.0 cm³/mol. The summed E-state index contributed by atoms with van der Waals surface area (Å²) in [5, 5.41) is 2.91. The quantitative estimate of drug-likeness (QED) is 0.753. The van der Waals surface area contributed by atoms with Gasteiger partial charge in [0.15, 0.2) is 0 Å². The number of rotatable bonds is 7. The molecule has 0 unspecified atom stereocenters. The van der Waals surface area contributed by atoms with E-state index in [1.54, 1.807) is 0 Å². The fourth-order valence-electron chi connectivity index (χ4n) is 2.20. The van der Waals surface area contributed by atoms with Gasteiger partial charge < -0.3 is 16.0 Å². The van der Waals surface area contributed by atoms with Crippen molar-refractivity contribution in [2.24, 2.45) is 0 Å². The molecule has 1 aromatic carbocycles. The van der Waals surface area contributed by atoms with E-state index in [1.165, 1.54) is 0 Å². The molecule has 0 fully saturated rings. The normalized spacial score (nSPS) is 11.1. The Hall–Kier alpha value is -1.55. The smallest absolute Gasteiger partial charge is 0.225 e. The molecule has 112 valence electrons.